The van der Waals surface area contributed by atoms with Crippen LogP contribution in [0.25, 0.3) is 11.1 Å². The van der Waals surface area contributed by atoms with E-state index in [0.717, 1.165) is 24.0 Å². The van der Waals surface area contributed by atoms with Crippen LogP contribution in [-0.2, 0) is 4.74 Å². The fourth-order valence-electron chi connectivity index (χ4n) is 2.36. The number of hydrogen-bond donors (Lipinski definition) is 3. The van der Waals surface area contributed by atoms with Crippen LogP contribution in [0, 0.1) is 0 Å². The molecule has 1 aliphatic rings. The molecule has 5 nitrogen and oxygen atoms in total. The molecule has 0 atom stereocenters. The minimum absolute atomic E-state index is 0.201. The highest BCUT2D eigenvalue weighted by atomic mass is 16.5. The number of aromatic hydroxyl groups is 1. The summed E-state index contributed by atoms with van der Waals surface area (Å²) in [4.78, 5) is 4.49. The average molecular weight is 325 g/mol. The van der Waals surface area contributed by atoms with E-state index in [4.69, 9.17) is 4.74 Å². The first-order valence-electron chi connectivity index (χ1n) is 8.21. The van der Waals surface area contributed by atoms with Crippen LogP contribution >= 0.6 is 0 Å². The van der Waals surface area contributed by atoms with E-state index in [1.807, 2.05) is 42.5 Å². The maximum atomic E-state index is 10.2. The molecular formula is C19H23N3O2. The highest BCUT2D eigenvalue weighted by Crippen LogP contribution is 2.30. The second-order valence-electron chi connectivity index (χ2n) is 5.86. The molecular weight excluding hydrogens is 302 g/mol. The van der Waals surface area contributed by atoms with Gasteiger partial charge in [-0.2, -0.15) is 0 Å². The molecule has 1 aliphatic carbocycles. The molecule has 3 N–H and O–H groups in total. The normalized spacial score (nSPS) is 14.5. The number of nitrogens with zero attached hydrogens (tertiary/aromatic N) is 1. The number of aliphatic imine (C=N–C) groups is 1. The molecule has 2 aromatic rings. The second kappa shape index (κ2) is 7.84. The van der Waals surface area contributed by atoms with E-state index >= 15 is 0 Å². The lowest BCUT2D eigenvalue weighted by Crippen LogP contribution is -2.33. The van der Waals surface area contributed by atoms with E-state index in [1.54, 1.807) is 13.2 Å². The zero-order valence-corrected chi connectivity index (χ0v) is 13.8. The van der Waals surface area contributed by atoms with Gasteiger partial charge in [-0.3, -0.25) is 4.99 Å². The molecule has 0 spiro atoms. The summed E-state index contributed by atoms with van der Waals surface area (Å²) in [5.41, 5.74) is 2.79. The van der Waals surface area contributed by atoms with E-state index in [0.29, 0.717) is 30.8 Å². The Labute approximate surface area is 142 Å². The number of phenols is 1. The van der Waals surface area contributed by atoms with Gasteiger partial charge in [0.1, 0.15) is 5.75 Å². The monoisotopic (exact) mass is 325 g/mol. The van der Waals surface area contributed by atoms with Crippen molar-refractivity contribution in [2.45, 2.75) is 18.9 Å². The second-order valence-corrected chi connectivity index (χ2v) is 5.86. The molecule has 126 valence electrons. The van der Waals surface area contributed by atoms with Gasteiger partial charge in [0.05, 0.1) is 18.8 Å². The minimum atomic E-state index is 0.201. The van der Waals surface area contributed by atoms with Crippen LogP contribution < -0.4 is 10.6 Å². The van der Waals surface area contributed by atoms with Gasteiger partial charge in [0.2, 0.25) is 0 Å². The Morgan fingerprint density at radius 2 is 1.96 bits per heavy atom. The molecule has 0 aliphatic heterocycles. The third-order valence-electron chi connectivity index (χ3n) is 3.84. The third kappa shape index (κ3) is 4.49. The van der Waals surface area contributed by atoms with E-state index in [-0.39, 0.29) is 5.75 Å². The first-order chi connectivity index (χ1) is 11.8. The molecule has 0 unspecified atom stereocenters. The molecule has 1 saturated carbocycles. The standard InChI is InChI=1S/C19H23N3O2/c1-24-12-11-20-19(21-16-8-9-16)22-17-13-15(7-10-18(17)23)14-5-3-2-4-6-14/h2-7,10,13,16,23H,8-9,11-12H2,1H3,(H2,20,21,22). The molecule has 1 fully saturated rings. The summed E-state index contributed by atoms with van der Waals surface area (Å²) in [5, 5.41) is 16.8. The predicted molar refractivity (Wildman–Crippen MR) is 97.5 cm³/mol. The Bertz CT molecular complexity index is 697. The van der Waals surface area contributed by atoms with Crippen LogP contribution in [0.15, 0.2) is 53.5 Å². The van der Waals surface area contributed by atoms with Gasteiger partial charge in [0, 0.05) is 13.2 Å². The number of nitrogens with one attached hydrogen (secondary N) is 2. The smallest absolute Gasteiger partial charge is 0.196 e. The summed E-state index contributed by atoms with van der Waals surface area (Å²) in [6, 6.07) is 16.1. The van der Waals surface area contributed by atoms with Crippen LogP contribution in [-0.4, -0.2) is 37.4 Å². The maximum absolute atomic E-state index is 10.2. The van der Waals surface area contributed by atoms with Crippen molar-refractivity contribution in [3.05, 3.63) is 48.5 Å². The Hall–Kier alpha value is -2.53. The van der Waals surface area contributed by atoms with Gasteiger partial charge in [0.25, 0.3) is 0 Å². The SMILES string of the molecule is COCCN=C(Nc1cc(-c2ccccc2)ccc1O)NC1CC1. The molecule has 24 heavy (non-hydrogen) atoms. The number of phenolic OH excluding ortho intramolecular Hbond substituents is 1. The number of benzene rings is 2. The van der Waals surface area contributed by atoms with Gasteiger partial charge in [-0.05, 0) is 36.1 Å². The number of hydrogen-bond acceptors (Lipinski definition) is 3. The van der Waals surface area contributed by atoms with Crippen LogP contribution in [0.3, 0.4) is 0 Å². The van der Waals surface area contributed by atoms with Gasteiger partial charge in [-0.1, -0.05) is 36.4 Å². The highest BCUT2D eigenvalue weighted by molar-refractivity contribution is 5.96. The Morgan fingerprint density at radius 1 is 1.17 bits per heavy atom. The molecule has 0 aromatic heterocycles. The fraction of sp³-hybridized carbons (Fsp3) is 0.316. The van der Waals surface area contributed by atoms with Gasteiger partial charge in [0.15, 0.2) is 5.96 Å². The van der Waals surface area contributed by atoms with Crippen molar-refractivity contribution in [1.82, 2.24) is 5.32 Å². The summed E-state index contributed by atoms with van der Waals surface area (Å²) in [6.07, 6.45) is 2.31. The van der Waals surface area contributed by atoms with Crippen molar-refractivity contribution in [1.29, 1.82) is 0 Å². The Kier molecular flexibility index (Phi) is 5.33. The largest absolute Gasteiger partial charge is 0.506 e. The van der Waals surface area contributed by atoms with Crippen molar-refractivity contribution in [3.8, 4) is 16.9 Å². The van der Waals surface area contributed by atoms with Crippen LogP contribution in [0.2, 0.25) is 0 Å². The lowest BCUT2D eigenvalue weighted by Gasteiger charge is -2.14. The average Bonchev–Trinajstić information content (AvgIpc) is 3.42. The molecule has 0 heterocycles. The zero-order valence-electron chi connectivity index (χ0n) is 13.8. The molecule has 5 heteroatoms. The number of rotatable bonds is 6. The highest BCUT2D eigenvalue weighted by Gasteiger charge is 2.22. The summed E-state index contributed by atoms with van der Waals surface area (Å²) in [7, 11) is 1.66. The summed E-state index contributed by atoms with van der Waals surface area (Å²) >= 11 is 0. The van der Waals surface area contributed by atoms with Crippen LogP contribution in [0.5, 0.6) is 5.75 Å². The van der Waals surface area contributed by atoms with E-state index in [9.17, 15) is 5.11 Å². The van der Waals surface area contributed by atoms with Crippen LogP contribution in [0.1, 0.15) is 12.8 Å². The minimum Gasteiger partial charge on any atom is -0.506 e. The summed E-state index contributed by atoms with van der Waals surface area (Å²) < 4.78 is 5.05. The summed E-state index contributed by atoms with van der Waals surface area (Å²) in [6.45, 7) is 1.13. The van der Waals surface area contributed by atoms with E-state index in [2.05, 4.69) is 15.6 Å². The third-order valence-corrected chi connectivity index (χ3v) is 3.84. The molecule has 0 amide bonds. The molecule has 0 bridgehead atoms. The fourth-order valence-corrected chi connectivity index (χ4v) is 2.36. The predicted octanol–water partition coefficient (Wildman–Crippen LogP) is 3.23. The Morgan fingerprint density at radius 3 is 2.67 bits per heavy atom. The van der Waals surface area contributed by atoms with Crippen molar-refractivity contribution < 1.29 is 9.84 Å². The van der Waals surface area contributed by atoms with Gasteiger partial charge in [-0.15, -0.1) is 0 Å². The van der Waals surface area contributed by atoms with Crippen molar-refractivity contribution >= 4 is 11.6 Å². The van der Waals surface area contributed by atoms with Crippen molar-refractivity contribution in [2.75, 3.05) is 25.6 Å². The lowest BCUT2D eigenvalue weighted by atomic mass is 10.0. The molecule has 0 saturated heterocycles. The topological polar surface area (TPSA) is 65.9 Å². The zero-order chi connectivity index (χ0) is 16.8. The van der Waals surface area contributed by atoms with E-state index < -0.39 is 0 Å². The maximum Gasteiger partial charge on any atom is 0.196 e. The van der Waals surface area contributed by atoms with Crippen molar-refractivity contribution in [3.63, 3.8) is 0 Å². The summed E-state index contributed by atoms with van der Waals surface area (Å²) in [5.74, 6) is 0.877. The Balaban J connectivity index is 1.79. The van der Waals surface area contributed by atoms with E-state index in [1.165, 1.54) is 0 Å². The van der Waals surface area contributed by atoms with Crippen LogP contribution in [0.4, 0.5) is 5.69 Å². The van der Waals surface area contributed by atoms with Crippen molar-refractivity contribution in [2.24, 2.45) is 4.99 Å². The number of ether oxygens (including phenoxy) is 1. The first-order valence-corrected chi connectivity index (χ1v) is 8.21. The number of guanidine groups is 1. The van der Waals surface area contributed by atoms with Gasteiger partial charge >= 0.3 is 0 Å². The molecule has 2 aromatic carbocycles. The quantitative estimate of drug-likeness (QED) is 0.330. The number of methoxy groups -OCH3 is 1. The van der Waals surface area contributed by atoms with Gasteiger partial charge < -0.3 is 20.5 Å². The first kappa shape index (κ1) is 16.3. The number of anilines is 1. The van der Waals surface area contributed by atoms with Gasteiger partial charge in [-0.25, -0.2) is 0 Å². The lowest BCUT2D eigenvalue weighted by molar-refractivity contribution is 0.208. The molecule has 0 radical (unpaired) electrons. The molecule has 3 rings (SSSR count).